The first kappa shape index (κ1) is 49.2. The third-order valence-electron chi connectivity index (χ3n) is 11.2. The van der Waals surface area contributed by atoms with Crippen molar-refractivity contribution >= 4 is 18.1 Å². The highest BCUT2D eigenvalue weighted by molar-refractivity contribution is 5.87. The number of carbonyl (C=O) groups is 1. The average molecular weight is 951 g/mol. The number of hydrogen-bond acceptors (Lipinski definition) is 24. The summed E-state index contributed by atoms with van der Waals surface area (Å²) in [4.78, 5) is 12.7. The monoisotopic (exact) mass is 950 g/mol. The summed E-state index contributed by atoms with van der Waals surface area (Å²) in [5, 5.41) is 138. The Labute approximate surface area is 379 Å². The number of hydrogen-bond donors (Lipinski definition) is 13. The van der Waals surface area contributed by atoms with Gasteiger partial charge in [0.05, 0.1) is 33.0 Å². The average Bonchev–Trinajstić information content (AvgIpc) is 3.30. The minimum absolute atomic E-state index is 0.0250. The Balaban J connectivity index is 1.10. The smallest absolute Gasteiger partial charge is 0.330 e. The normalized spacial score (nSPS) is 33.0. The Hall–Kier alpha value is -5.71. The molecule has 0 aromatic heterocycles. The lowest BCUT2D eigenvalue weighted by Gasteiger charge is -2.46. The van der Waals surface area contributed by atoms with Crippen LogP contribution < -0.4 is 14.2 Å². The zero-order valence-electron chi connectivity index (χ0n) is 35.4. The number of ether oxygens (including phenoxy) is 10. The number of methoxy groups -OCH3 is 2. The van der Waals surface area contributed by atoms with Crippen molar-refractivity contribution < 1.29 is 119 Å². The largest absolute Gasteiger partial charge is 0.508 e. The molecule has 0 radical (unpaired) electrons. The van der Waals surface area contributed by atoms with E-state index in [1.54, 1.807) is 0 Å². The molecule has 3 aromatic carbocycles. The number of aromatic hydroxyl groups is 5. The van der Waals surface area contributed by atoms with Crippen molar-refractivity contribution in [2.45, 2.75) is 92.1 Å². The lowest BCUT2D eigenvalue weighted by atomic mass is 9.97. The van der Waals surface area contributed by atoms with E-state index in [0.29, 0.717) is 5.56 Å². The predicted octanol–water partition coefficient (Wildman–Crippen LogP) is -1.93. The van der Waals surface area contributed by atoms with Crippen molar-refractivity contribution in [2.75, 3.05) is 34.0 Å². The molecule has 0 bridgehead atoms. The third kappa shape index (κ3) is 10.6. The fourth-order valence-corrected chi connectivity index (χ4v) is 7.51. The van der Waals surface area contributed by atoms with Crippen molar-refractivity contribution in [1.82, 2.24) is 0 Å². The first-order valence-corrected chi connectivity index (χ1v) is 20.5. The molecule has 13 N–H and O–H groups in total. The van der Waals surface area contributed by atoms with Crippen molar-refractivity contribution in [1.29, 1.82) is 0 Å². The van der Waals surface area contributed by atoms with Gasteiger partial charge in [0.25, 0.3) is 0 Å². The lowest BCUT2D eigenvalue weighted by molar-refractivity contribution is -0.360. The van der Waals surface area contributed by atoms with E-state index in [9.17, 15) is 71.2 Å². The summed E-state index contributed by atoms with van der Waals surface area (Å²) in [6.07, 6.45) is -23.1. The van der Waals surface area contributed by atoms with Gasteiger partial charge in [-0.1, -0.05) is 6.07 Å². The van der Waals surface area contributed by atoms with Gasteiger partial charge < -0.3 is 114 Å². The van der Waals surface area contributed by atoms with E-state index in [1.807, 2.05) is 0 Å². The molecule has 3 fully saturated rings. The molecule has 0 spiro atoms. The molecular weight excluding hydrogens is 900 g/mol. The number of aliphatic hydroxyl groups is 8. The summed E-state index contributed by atoms with van der Waals surface area (Å²) in [5.41, 5.74) is 0.479. The molecule has 0 saturated carbocycles. The Morgan fingerprint density at radius 2 is 1.36 bits per heavy atom. The summed E-state index contributed by atoms with van der Waals surface area (Å²) in [7, 11) is 2.63. The highest BCUT2D eigenvalue weighted by atomic mass is 16.8. The number of phenols is 5. The maximum Gasteiger partial charge on any atom is 0.330 e. The second kappa shape index (κ2) is 20.7. The lowest BCUT2D eigenvalue weighted by Crippen LogP contribution is -2.64. The number of rotatable bonds is 14. The van der Waals surface area contributed by atoms with E-state index < -0.39 is 135 Å². The van der Waals surface area contributed by atoms with Crippen LogP contribution in [-0.2, 0) is 38.0 Å². The summed E-state index contributed by atoms with van der Waals surface area (Å²) < 4.78 is 56.4. The summed E-state index contributed by atoms with van der Waals surface area (Å²) >= 11 is 0. The molecule has 366 valence electrons. The number of phenolic OH excluding ortho intramolecular Hbond substituents is 5. The van der Waals surface area contributed by atoms with Gasteiger partial charge in [-0.3, -0.25) is 0 Å². The minimum atomic E-state index is -2.03. The van der Waals surface area contributed by atoms with Crippen LogP contribution in [-0.4, -0.2) is 192 Å². The van der Waals surface area contributed by atoms with E-state index in [4.69, 9.17) is 47.4 Å². The number of carbonyl (C=O) groups excluding carboxylic acids is 1. The molecule has 67 heavy (non-hydrogen) atoms. The topological polar surface area (TPSA) is 372 Å². The van der Waals surface area contributed by atoms with Gasteiger partial charge in [-0.25, -0.2) is 4.79 Å². The molecule has 0 aliphatic carbocycles. The van der Waals surface area contributed by atoms with Crippen molar-refractivity contribution in [3.63, 3.8) is 0 Å². The van der Waals surface area contributed by atoms with E-state index >= 15 is 0 Å². The number of fused-ring (bicyclic) bond motifs is 1. The fraction of sp³-hybridized carbons (Fsp3) is 0.465. The first-order chi connectivity index (χ1) is 31.9. The second-order valence-corrected chi connectivity index (χ2v) is 15.7. The molecule has 24 heteroatoms. The molecule has 4 aliphatic rings. The molecule has 15 atom stereocenters. The molecule has 4 aliphatic heterocycles. The van der Waals surface area contributed by atoms with Crippen LogP contribution in [0.3, 0.4) is 0 Å². The van der Waals surface area contributed by atoms with Gasteiger partial charge in [-0.05, 0) is 42.0 Å². The summed E-state index contributed by atoms with van der Waals surface area (Å²) in [5.74, 6) is -3.31. The second-order valence-electron chi connectivity index (χ2n) is 15.7. The van der Waals surface area contributed by atoms with Crippen LogP contribution in [0, 0.1) is 0 Å². The number of esters is 1. The van der Waals surface area contributed by atoms with Gasteiger partial charge in [0, 0.05) is 23.8 Å². The Morgan fingerprint density at radius 3 is 2.04 bits per heavy atom. The van der Waals surface area contributed by atoms with Crippen LogP contribution in [0.1, 0.15) is 22.8 Å². The highest BCUT2D eigenvalue weighted by Gasteiger charge is 2.52. The Morgan fingerprint density at radius 1 is 0.701 bits per heavy atom. The molecule has 7 rings (SSSR count). The van der Waals surface area contributed by atoms with Gasteiger partial charge >= 0.3 is 5.97 Å². The minimum Gasteiger partial charge on any atom is -0.508 e. The molecule has 4 heterocycles. The maximum atomic E-state index is 12.7. The van der Waals surface area contributed by atoms with E-state index in [1.165, 1.54) is 50.6 Å². The van der Waals surface area contributed by atoms with Crippen LogP contribution in [0.15, 0.2) is 54.3 Å². The molecule has 3 saturated heterocycles. The van der Waals surface area contributed by atoms with Crippen molar-refractivity contribution in [3.05, 3.63) is 71.0 Å². The number of benzene rings is 3. The SMILES string of the molecule is COc1cc(/C=C/C(=O)OC[C@H]2O[C@@H](OC[C@@H]3O[C@@H](OC4=Cc5c(O)cc(O)cc5OC4c4ccc(O)c(O)c4)[C@@H](O[C@@H]4OC[C@@H](O)[C@@H](O)[C@H]4O)[C@@H](O)[C@H]3O)[C@@H](O)[C@@H](O)[C@@H]2O)cc(OC)c1O. The van der Waals surface area contributed by atoms with E-state index in [0.717, 1.165) is 24.3 Å². The molecule has 24 nitrogen and oxygen atoms in total. The molecule has 0 amide bonds. The van der Waals surface area contributed by atoms with Crippen LogP contribution >= 0.6 is 0 Å². The predicted molar refractivity (Wildman–Crippen MR) is 219 cm³/mol. The molecule has 1 unspecified atom stereocenters. The van der Waals surface area contributed by atoms with E-state index in [2.05, 4.69) is 0 Å². The van der Waals surface area contributed by atoms with Crippen LogP contribution in [0.5, 0.6) is 46.0 Å². The molecule has 3 aromatic rings. The van der Waals surface area contributed by atoms with Gasteiger partial charge in [0.1, 0.15) is 90.7 Å². The van der Waals surface area contributed by atoms with Gasteiger partial charge in [-0.15, -0.1) is 0 Å². The van der Waals surface area contributed by atoms with Gasteiger partial charge in [0.2, 0.25) is 12.0 Å². The van der Waals surface area contributed by atoms with Gasteiger partial charge in [0.15, 0.2) is 47.8 Å². The first-order valence-electron chi connectivity index (χ1n) is 20.5. The van der Waals surface area contributed by atoms with E-state index in [-0.39, 0.29) is 45.6 Å². The van der Waals surface area contributed by atoms with Crippen LogP contribution in [0.4, 0.5) is 0 Å². The van der Waals surface area contributed by atoms with Crippen LogP contribution in [0.25, 0.3) is 12.2 Å². The highest BCUT2D eigenvalue weighted by Crippen LogP contribution is 2.46. The number of aliphatic hydroxyl groups excluding tert-OH is 8. The maximum absolute atomic E-state index is 12.7. The zero-order valence-corrected chi connectivity index (χ0v) is 35.4. The standard InChI is InChI=1S/C43H50O24/c1-58-25-7-16(8-26(59-2)32(25)51)3-6-30(49)60-14-28-33(52)35(54)38(57)41(65-28)62-15-29-34(53)36(55)40(67-42-37(56)31(50)23(48)13-61-42)43(66-29)64-27-12-19-21(46)10-18(44)11-24(19)63-39(27)17-4-5-20(45)22(47)9-17/h3-12,23,28-29,31,33-48,50-57H,13-15H2,1-2H3/b6-3+/t23-,28-,29+,31-,33-,34+,35+,36+,37-,38+,39?,40+,41-,42+,43-/m1/s1. The van der Waals surface area contributed by atoms with Crippen molar-refractivity contribution in [2.24, 2.45) is 0 Å². The zero-order chi connectivity index (χ0) is 48.4. The summed E-state index contributed by atoms with van der Waals surface area (Å²) in [6, 6.07) is 8.59. The third-order valence-corrected chi connectivity index (χ3v) is 11.2. The quantitative estimate of drug-likeness (QED) is 0.0476. The fourth-order valence-electron chi connectivity index (χ4n) is 7.51. The van der Waals surface area contributed by atoms with Gasteiger partial charge in [-0.2, -0.15) is 0 Å². The van der Waals surface area contributed by atoms with Crippen molar-refractivity contribution in [3.8, 4) is 46.0 Å². The Bertz CT molecular complexity index is 2260. The summed E-state index contributed by atoms with van der Waals surface area (Å²) in [6.45, 7) is -1.98. The van der Waals surface area contributed by atoms with Crippen LogP contribution in [0.2, 0.25) is 0 Å². The Kier molecular flexibility index (Phi) is 15.2. The molecular formula is C43H50O24.